The molecule has 0 bridgehead atoms. The molecule has 0 unspecified atom stereocenters. The lowest BCUT2D eigenvalue weighted by Gasteiger charge is -2.16. The standard InChI is InChI=1S/C18H15F3N6O4/c19-18(20,21)9-3-1-8(2-4-9)14-24-25-16-11-15(23-7-26(14)16)27(6-22-11)17-13(30)12(29)10(5-28)31-17/h1-4,6-7,10,12-13,17,28-30H,5H2/t10-,12+,13+,17-/m1/s1. The van der Waals surface area contributed by atoms with E-state index >= 15 is 0 Å². The van der Waals surface area contributed by atoms with Gasteiger partial charge in [-0.05, 0) is 12.1 Å². The van der Waals surface area contributed by atoms with Gasteiger partial charge in [0.05, 0.1) is 18.5 Å². The Bertz CT molecular complexity index is 1260. The van der Waals surface area contributed by atoms with Crippen LogP contribution in [-0.4, -0.2) is 69.4 Å². The fraction of sp³-hybridized carbons (Fsp3) is 0.333. The Labute approximate surface area is 171 Å². The van der Waals surface area contributed by atoms with Gasteiger partial charge in [-0.15, -0.1) is 10.2 Å². The molecule has 3 aromatic heterocycles. The molecule has 162 valence electrons. The van der Waals surface area contributed by atoms with Gasteiger partial charge >= 0.3 is 6.18 Å². The second-order valence-corrected chi connectivity index (χ2v) is 7.09. The van der Waals surface area contributed by atoms with Crippen LogP contribution < -0.4 is 0 Å². The van der Waals surface area contributed by atoms with Crippen molar-refractivity contribution in [1.29, 1.82) is 0 Å². The molecule has 3 N–H and O–H groups in total. The van der Waals surface area contributed by atoms with E-state index in [1.54, 1.807) is 0 Å². The molecule has 10 nitrogen and oxygen atoms in total. The van der Waals surface area contributed by atoms with Crippen molar-refractivity contribution in [3.05, 3.63) is 42.5 Å². The normalized spacial score (nSPS) is 24.5. The van der Waals surface area contributed by atoms with E-state index in [1.165, 1.54) is 33.8 Å². The first kappa shape index (κ1) is 19.8. The van der Waals surface area contributed by atoms with Gasteiger partial charge in [0.25, 0.3) is 0 Å². The fourth-order valence-corrected chi connectivity index (χ4v) is 3.62. The highest BCUT2D eigenvalue weighted by atomic mass is 19.4. The summed E-state index contributed by atoms with van der Waals surface area (Å²) in [6, 6.07) is 4.50. The van der Waals surface area contributed by atoms with Crippen LogP contribution in [0.25, 0.3) is 28.2 Å². The van der Waals surface area contributed by atoms with Crippen LogP contribution in [0.4, 0.5) is 13.2 Å². The molecule has 0 spiro atoms. The van der Waals surface area contributed by atoms with Crippen molar-refractivity contribution in [2.75, 3.05) is 6.61 Å². The highest BCUT2D eigenvalue weighted by Crippen LogP contribution is 2.33. The fourth-order valence-electron chi connectivity index (χ4n) is 3.62. The monoisotopic (exact) mass is 436 g/mol. The smallest absolute Gasteiger partial charge is 0.394 e. The minimum absolute atomic E-state index is 0.278. The SMILES string of the molecule is OC[C@H]1O[C@@H](n2cnc3c2ncn2c(-c4ccc(C(F)(F)F)cc4)nnc32)[C@@H](O)[C@H]1O. The first-order valence-electron chi connectivity index (χ1n) is 9.16. The third kappa shape index (κ3) is 3.05. The third-order valence-electron chi connectivity index (χ3n) is 5.23. The highest BCUT2D eigenvalue weighted by Gasteiger charge is 2.44. The number of nitrogens with zero attached hydrogens (tertiary/aromatic N) is 6. The molecule has 5 rings (SSSR count). The molecular formula is C18H15F3N6O4. The number of ether oxygens (including phenoxy) is 1. The predicted molar refractivity (Wildman–Crippen MR) is 97.5 cm³/mol. The Morgan fingerprint density at radius 3 is 2.35 bits per heavy atom. The van der Waals surface area contributed by atoms with Crippen LogP contribution in [0.2, 0.25) is 0 Å². The van der Waals surface area contributed by atoms with Crippen LogP contribution in [0.3, 0.4) is 0 Å². The maximum absolute atomic E-state index is 12.8. The van der Waals surface area contributed by atoms with E-state index in [9.17, 15) is 28.5 Å². The van der Waals surface area contributed by atoms with Gasteiger partial charge in [0.2, 0.25) is 0 Å². The zero-order valence-corrected chi connectivity index (χ0v) is 15.5. The van der Waals surface area contributed by atoms with Crippen molar-refractivity contribution >= 4 is 16.8 Å². The van der Waals surface area contributed by atoms with Gasteiger partial charge in [-0.2, -0.15) is 13.2 Å². The van der Waals surface area contributed by atoms with E-state index in [2.05, 4.69) is 20.2 Å². The highest BCUT2D eigenvalue weighted by molar-refractivity contribution is 5.86. The molecule has 1 aliphatic rings. The van der Waals surface area contributed by atoms with Crippen LogP contribution in [0.1, 0.15) is 11.8 Å². The first-order chi connectivity index (χ1) is 14.8. The molecule has 0 aliphatic carbocycles. The van der Waals surface area contributed by atoms with Crippen molar-refractivity contribution in [1.82, 2.24) is 29.1 Å². The van der Waals surface area contributed by atoms with E-state index < -0.39 is 42.9 Å². The Balaban J connectivity index is 1.55. The third-order valence-corrected chi connectivity index (χ3v) is 5.23. The van der Waals surface area contributed by atoms with Gasteiger partial charge in [0, 0.05) is 5.56 Å². The Hall–Kier alpha value is -3.13. The molecular weight excluding hydrogens is 421 g/mol. The summed E-state index contributed by atoms with van der Waals surface area (Å²) >= 11 is 0. The number of aliphatic hydroxyl groups is 3. The number of fused-ring (bicyclic) bond motifs is 3. The summed E-state index contributed by atoms with van der Waals surface area (Å²) in [7, 11) is 0. The molecule has 31 heavy (non-hydrogen) atoms. The van der Waals surface area contributed by atoms with E-state index in [0.717, 1.165) is 12.1 Å². The van der Waals surface area contributed by atoms with Crippen LogP contribution in [0.5, 0.6) is 0 Å². The Kier molecular flexibility index (Phi) is 4.44. The molecule has 1 fully saturated rings. The molecule has 1 aromatic carbocycles. The lowest BCUT2D eigenvalue weighted by atomic mass is 10.1. The summed E-state index contributed by atoms with van der Waals surface area (Å²) < 4.78 is 46.8. The molecule has 4 aromatic rings. The molecule has 0 amide bonds. The van der Waals surface area contributed by atoms with Crippen molar-refractivity contribution in [2.24, 2.45) is 0 Å². The van der Waals surface area contributed by atoms with Gasteiger partial charge in [-0.1, -0.05) is 12.1 Å². The molecule has 0 saturated carbocycles. The van der Waals surface area contributed by atoms with Crippen molar-refractivity contribution in [3.8, 4) is 11.4 Å². The maximum Gasteiger partial charge on any atom is 0.416 e. The maximum atomic E-state index is 12.8. The summed E-state index contributed by atoms with van der Waals surface area (Å²) in [5, 5.41) is 37.7. The van der Waals surface area contributed by atoms with E-state index in [4.69, 9.17) is 4.74 Å². The molecule has 4 atom stereocenters. The van der Waals surface area contributed by atoms with Gasteiger partial charge in [-0.3, -0.25) is 8.97 Å². The number of aromatic nitrogens is 6. The first-order valence-corrected chi connectivity index (χ1v) is 9.16. The number of benzene rings is 1. The molecule has 1 saturated heterocycles. The average Bonchev–Trinajstić information content (AvgIpc) is 3.43. The molecule has 1 aliphatic heterocycles. The Morgan fingerprint density at radius 1 is 0.968 bits per heavy atom. The zero-order valence-electron chi connectivity index (χ0n) is 15.5. The van der Waals surface area contributed by atoms with Crippen LogP contribution in [-0.2, 0) is 10.9 Å². The number of alkyl halides is 3. The van der Waals surface area contributed by atoms with Crippen molar-refractivity contribution in [3.63, 3.8) is 0 Å². The topological polar surface area (TPSA) is 131 Å². The van der Waals surface area contributed by atoms with Crippen molar-refractivity contribution < 1.29 is 33.2 Å². The number of imidazole rings is 1. The number of aliphatic hydroxyl groups excluding tert-OH is 3. The molecule has 0 radical (unpaired) electrons. The number of hydrogen-bond acceptors (Lipinski definition) is 8. The second-order valence-electron chi connectivity index (χ2n) is 7.09. The minimum atomic E-state index is -4.44. The summed E-state index contributed by atoms with van der Waals surface area (Å²) in [4.78, 5) is 8.56. The molecule has 4 heterocycles. The van der Waals surface area contributed by atoms with Crippen LogP contribution in [0.15, 0.2) is 36.9 Å². The number of hydrogen-bond donors (Lipinski definition) is 3. The van der Waals surface area contributed by atoms with Gasteiger partial charge in [0.15, 0.2) is 28.9 Å². The van der Waals surface area contributed by atoms with Crippen molar-refractivity contribution in [2.45, 2.75) is 30.7 Å². The predicted octanol–water partition coefficient (Wildman–Crippen LogP) is 0.771. The zero-order chi connectivity index (χ0) is 21.9. The minimum Gasteiger partial charge on any atom is -0.394 e. The quantitative estimate of drug-likeness (QED) is 0.429. The second kappa shape index (κ2) is 6.95. The molecule has 13 heteroatoms. The largest absolute Gasteiger partial charge is 0.416 e. The van der Waals surface area contributed by atoms with Gasteiger partial charge < -0.3 is 20.1 Å². The van der Waals surface area contributed by atoms with E-state index in [1.807, 2.05) is 0 Å². The average molecular weight is 436 g/mol. The van der Waals surface area contributed by atoms with E-state index in [-0.39, 0.29) is 11.5 Å². The van der Waals surface area contributed by atoms with Gasteiger partial charge in [0.1, 0.15) is 24.6 Å². The van der Waals surface area contributed by atoms with Crippen LogP contribution >= 0.6 is 0 Å². The summed E-state index contributed by atoms with van der Waals surface area (Å²) in [6.07, 6.45) is -6.29. The lowest BCUT2D eigenvalue weighted by Crippen LogP contribution is -2.33. The van der Waals surface area contributed by atoms with Crippen LogP contribution in [0, 0.1) is 0 Å². The number of rotatable bonds is 3. The summed E-state index contributed by atoms with van der Waals surface area (Å²) in [5.74, 6) is 0.278. The van der Waals surface area contributed by atoms with Gasteiger partial charge in [-0.25, -0.2) is 9.97 Å². The summed E-state index contributed by atoms with van der Waals surface area (Å²) in [6.45, 7) is -0.473. The number of halogens is 3. The Morgan fingerprint density at radius 2 is 1.71 bits per heavy atom. The summed E-state index contributed by atoms with van der Waals surface area (Å²) in [5.41, 5.74) is 0.525. The lowest BCUT2D eigenvalue weighted by molar-refractivity contribution is -0.137. The van der Waals surface area contributed by atoms with E-state index in [0.29, 0.717) is 16.7 Å².